The third kappa shape index (κ3) is 6.17. The number of nitrogens with one attached hydrogen (secondary N) is 3. The fraction of sp³-hybridized carbons (Fsp3) is 0.296. The number of nitrogens with zero attached hydrogens (tertiary/aromatic N) is 1. The van der Waals surface area contributed by atoms with Gasteiger partial charge in [0.1, 0.15) is 5.75 Å². The van der Waals surface area contributed by atoms with E-state index in [9.17, 15) is 4.79 Å². The van der Waals surface area contributed by atoms with E-state index in [0.29, 0.717) is 13.1 Å². The molecule has 1 heterocycles. The highest BCUT2D eigenvalue weighted by molar-refractivity contribution is 9.10. The van der Waals surface area contributed by atoms with E-state index in [2.05, 4.69) is 75.4 Å². The molecule has 178 valence electrons. The van der Waals surface area contributed by atoms with Crippen LogP contribution in [-0.2, 0) is 13.0 Å². The number of hydrogen-bond acceptors (Lipinski definition) is 4. The Morgan fingerprint density at radius 3 is 2.35 bits per heavy atom. The summed E-state index contributed by atoms with van der Waals surface area (Å²) >= 11 is 3.45. The molecule has 0 aromatic heterocycles. The van der Waals surface area contributed by atoms with E-state index in [-0.39, 0.29) is 18.0 Å². The fourth-order valence-corrected chi connectivity index (χ4v) is 4.48. The van der Waals surface area contributed by atoms with Gasteiger partial charge in [0, 0.05) is 35.7 Å². The van der Waals surface area contributed by atoms with Crippen LogP contribution in [0.25, 0.3) is 0 Å². The van der Waals surface area contributed by atoms with Gasteiger partial charge in [-0.1, -0.05) is 59.3 Å². The van der Waals surface area contributed by atoms with Gasteiger partial charge in [0.25, 0.3) is 0 Å². The first kappa shape index (κ1) is 24.3. The second-order valence-corrected chi connectivity index (χ2v) is 9.44. The van der Waals surface area contributed by atoms with Gasteiger partial charge in [-0.05, 0) is 59.5 Å². The third-order valence-corrected chi connectivity index (χ3v) is 6.74. The highest BCUT2D eigenvalue weighted by Gasteiger charge is 2.31. The highest BCUT2D eigenvalue weighted by atomic mass is 79.9. The molecule has 1 aliphatic heterocycles. The van der Waals surface area contributed by atoms with E-state index in [1.165, 1.54) is 5.56 Å². The molecule has 34 heavy (non-hydrogen) atoms. The first-order chi connectivity index (χ1) is 16.6. The number of urea groups is 1. The molecule has 0 saturated carbocycles. The average Bonchev–Trinajstić information content (AvgIpc) is 3.33. The van der Waals surface area contributed by atoms with Crippen LogP contribution in [0.3, 0.4) is 0 Å². The lowest BCUT2D eigenvalue weighted by atomic mass is 9.94. The molecule has 2 unspecified atom stereocenters. The monoisotopic (exact) mass is 522 g/mol. The number of halogens is 1. The Morgan fingerprint density at radius 1 is 1.03 bits per heavy atom. The van der Waals surface area contributed by atoms with Crippen molar-refractivity contribution in [1.29, 1.82) is 0 Å². The minimum atomic E-state index is -0.109. The molecule has 1 aliphatic rings. The molecule has 0 radical (unpaired) electrons. The minimum Gasteiger partial charge on any atom is -0.497 e. The summed E-state index contributed by atoms with van der Waals surface area (Å²) in [5.41, 5.74) is 11.0. The van der Waals surface area contributed by atoms with E-state index < -0.39 is 0 Å². The molecule has 1 saturated heterocycles. The van der Waals surface area contributed by atoms with Gasteiger partial charge in [0.15, 0.2) is 0 Å². The third-order valence-electron chi connectivity index (χ3n) is 6.21. The van der Waals surface area contributed by atoms with Crippen LogP contribution in [-0.4, -0.2) is 31.1 Å². The number of hydrazine groups is 1. The SMILES string of the molecule is CCc1ccc(CN(CC2CNNC2c2ccc(OC)cc2)C(=O)Nc2ccc(Br)cc2)cc1. The average molecular weight is 523 g/mol. The van der Waals surface area contributed by atoms with Crippen LogP contribution in [0.5, 0.6) is 5.75 Å². The van der Waals surface area contributed by atoms with Crippen LogP contribution in [0, 0.1) is 5.92 Å². The molecule has 3 N–H and O–H groups in total. The van der Waals surface area contributed by atoms with Crippen LogP contribution in [0.4, 0.5) is 10.5 Å². The Morgan fingerprint density at radius 2 is 1.71 bits per heavy atom. The van der Waals surface area contributed by atoms with Crippen LogP contribution in [0.2, 0.25) is 0 Å². The molecule has 6 nitrogen and oxygen atoms in total. The van der Waals surface area contributed by atoms with Crippen LogP contribution in [0.15, 0.2) is 77.3 Å². The number of ether oxygens (including phenoxy) is 1. The molecule has 3 aromatic carbocycles. The zero-order chi connectivity index (χ0) is 23.9. The summed E-state index contributed by atoms with van der Waals surface area (Å²) in [6, 6.07) is 24.2. The zero-order valence-corrected chi connectivity index (χ0v) is 21.1. The minimum absolute atomic E-state index is 0.0938. The number of carbonyl (C=O) groups excluding carboxylic acids is 1. The van der Waals surface area contributed by atoms with E-state index in [0.717, 1.165) is 40.0 Å². The lowest BCUT2D eigenvalue weighted by Gasteiger charge is -2.28. The van der Waals surface area contributed by atoms with Crippen molar-refractivity contribution in [3.63, 3.8) is 0 Å². The molecule has 0 spiro atoms. The zero-order valence-electron chi connectivity index (χ0n) is 19.6. The summed E-state index contributed by atoms with van der Waals surface area (Å²) in [7, 11) is 1.67. The fourth-order valence-electron chi connectivity index (χ4n) is 4.21. The Labute approximate surface area is 209 Å². The molecule has 0 bridgehead atoms. The van der Waals surface area contributed by atoms with Crippen molar-refractivity contribution in [2.45, 2.75) is 25.9 Å². The normalized spacial score (nSPS) is 17.4. The Hall–Kier alpha value is -2.87. The van der Waals surface area contributed by atoms with Crippen molar-refractivity contribution < 1.29 is 9.53 Å². The van der Waals surface area contributed by atoms with Crippen LogP contribution < -0.4 is 20.9 Å². The number of aryl methyl sites for hydroxylation is 1. The second kappa shape index (κ2) is 11.5. The van der Waals surface area contributed by atoms with Gasteiger partial charge in [-0.2, -0.15) is 0 Å². The summed E-state index contributed by atoms with van der Waals surface area (Å²) < 4.78 is 6.28. The van der Waals surface area contributed by atoms with Gasteiger partial charge in [-0.3, -0.25) is 5.43 Å². The number of amides is 2. The molecule has 7 heteroatoms. The standard InChI is InChI=1S/C27H31BrN4O2/c1-3-19-4-6-20(7-5-19)17-32(27(33)30-24-12-10-23(28)11-13-24)18-22-16-29-31-26(22)21-8-14-25(34-2)15-9-21/h4-15,22,26,29,31H,3,16-18H2,1-2H3,(H,30,33). The number of hydrogen-bond donors (Lipinski definition) is 3. The Bertz CT molecular complexity index is 1070. The van der Waals surface area contributed by atoms with Crippen LogP contribution in [0.1, 0.15) is 29.7 Å². The number of benzene rings is 3. The van der Waals surface area contributed by atoms with E-state index in [4.69, 9.17) is 4.74 Å². The predicted molar refractivity (Wildman–Crippen MR) is 140 cm³/mol. The molecule has 3 aromatic rings. The number of rotatable bonds is 8. The van der Waals surface area contributed by atoms with Crippen molar-refractivity contribution in [1.82, 2.24) is 15.8 Å². The second-order valence-electron chi connectivity index (χ2n) is 8.52. The van der Waals surface area contributed by atoms with Gasteiger partial charge < -0.3 is 15.0 Å². The maximum Gasteiger partial charge on any atom is 0.322 e. The van der Waals surface area contributed by atoms with Gasteiger partial charge >= 0.3 is 6.03 Å². The Kier molecular flexibility index (Phi) is 8.21. The van der Waals surface area contributed by atoms with Crippen molar-refractivity contribution in [2.75, 3.05) is 25.5 Å². The summed E-state index contributed by atoms with van der Waals surface area (Å²) in [4.78, 5) is 15.3. The maximum atomic E-state index is 13.4. The molecule has 1 fully saturated rings. The lowest BCUT2D eigenvalue weighted by molar-refractivity contribution is 0.196. The largest absolute Gasteiger partial charge is 0.497 e. The van der Waals surface area contributed by atoms with Gasteiger partial charge in [-0.25, -0.2) is 10.2 Å². The molecule has 0 aliphatic carbocycles. The van der Waals surface area contributed by atoms with E-state index in [1.54, 1.807) is 7.11 Å². The first-order valence-corrected chi connectivity index (χ1v) is 12.4. The molecular formula is C27H31BrN4O2. The summed E-state index contributed by atoms with van der Waals surface area (Å²) in [6.07, 6.45) is 0.997. The van der Waals surface area contributed by atoms with Crippen molar-refractivity contribution >= 4 is 27.6 Å². The summed E-state index contributed by atoms with van der Waals surface area (Å²) in [6.45, 7) is 4.06. The van der Waals surface area contributed by atoms with Crippen molar-refractivity contribution in [3.05, 3.63) is 94.0 Å². The van der Waals surface area contributed by atoms with E-state index in [1.807, 2.05) is 41.3 Å². The summed E-state index contributed by atoms with van der Waals surface area (Å²) in [5.74, 6) is 1.04. The van der Waals surface area contributed by atoms with Crippen molar-refractivity contribution in [3.8, 4) is 5.75 Å². The molecular weight excluding hydrogens is 492 g/mol. The van der Waals surface area contributed by atoms with Gasteiger partial charge in [0.05, 0.1) is 13.2 Å². The smallest absolute Gasteiger partial charge is 0.322 e. The number of anilines is 1. The topological polar surface area (TPSA) is 65.6 Å². The van der Waals surface area contributed by atoms with Gasteiger partial charge in [0.2, 0.25) is 0 Å². The van der Waals surface area contributed by atoms with E-state index >= 15 is 0 Å². The Balaban J connectivity index is 1.52. The van der Waals surface area contributed by atoms with Gasteiger partial charge in [-0.15, -0.1) is 0 Å². The maximum absolute atomic E-state index is 13.4. The van der Waals surface area contributed by atoms with Crippen LogP contribution >= 0.6 is 15.9 Å². The molecule has 4 rings (SSSR count). The molecule has 2 amide bonds. The summed E-state index contributed by atoms with van der Waals surface area (Å²) in [5, 5.41) is 3.06. The lowest BCUT2D eigenvalue weighted by Crippen LogP contribution is -2.39. The predicted octanol–water partition coefficient (Wildman–Crippen LogP) is 5.52. The highest BCUT2D eigenvalue weighted by Crippen LogP contribution is 2.28. The number of carbonyl (C=O) groups is 1. The molecule has 2 atom stereocenters. The van der Waals surface area contributed by atoms with Crippen molar-refractivity contribution in [2.24, 2.45) is 5.92 Å². The quantitative estimate of drug-likeness (QED) is 0.364. The number of methoxy groups -OCH3 is 1. The first-order valence-electron chi connectivity index (χ1n) is 11.6.